The van der Waals surface area contributed by atoms with E-state index in [1.165, 1.54) is 16.4 Å². The molecular weight excluding hydrogens is 350 g/mol. The molecule has 0 radical (unpaired) electrons. The van der Waals surface area contributed by atoms with Crippen molar-refractivity contribution in [2.45, 2.75) is 37.0 Å². The van der Waals surface area contributed by atoms with Crippen molar-refractivity contribution in [1.29, 1.82) is 0 Å². The fraction of sp³-hybridized carbons (Fsp3) is 0.533. The third-order valence-electron chi connectivity index (χ3n) is 4.00. The first-order chi connectivity index (χ1) is 11.8. The van der Waals surface area contributed by atoms with Gasteiger partial charge in [0.05, 0.1) is 9.82 Å². The normalized spacial score (nSPS) is 15.7. The van der Waals surface area contributed by atoms with Gasteiger partial charge in [-0.1, -0.05) is 6.42 Å². The van der Waals surface area contributed by atoms with Gasteiger partial charge in [0.2, 0.25) is 10.0 Å². The summed E-state index contributed by atoms with van der Waals surface area (Å²) in [5.74, 6) is -0.945. The summed E-state index contributed by atoms with van der Waals surface area (Å²) in [7, 11) is -3.75. The zero-order chi connectivity index (χ0) is 18.4. The lowest BCUT2D eigenvalue weighted by atomic mass is 10.2. The summed E-state index contributed by atoms with van der Waals surface area (Å²) >= 11 is 0. The quantitative estimate of drug-likeness (QED) is 0.406. The lowest BCUT2D eigenvalue weighted by molar-refractivity contribution is -0.384. The van der Waals surface area contributed by atoms with Crippen LogP contribution in [0.1, 0.15) is 32.1 Å². The van der Waals surface area contributed by atoms with Crippen molar-refractivity contribution >= 4 is 27.4 Å². The van der Waals surface area contributed by atoms with Crippen molar-refractivity contribution in [2.24, 2.45) is 0 Å². The van der Waals surface area contributed by atoms with Gasteiger partial charge in [0, 0.05) is 32.1 Å². The Morgan fingerprint density at radius 1 is 1.28 bits per heavy atom. The fourth-order valence-electron chi connectivity index (χ4n) is 2.69. The van der Waals surface area contributed by atoms with Gasteiger partial charge in [-0.3, -0.25) is 14.9 Å². The third kappa shape index (κ3) is 4.89. The van der Waals surface area contributed by atoms with E-state index in [1.807, 2.05) is 0 Å². The molecule has 1 aliphatic heterocycles. The molecule has 138 valence electrons. The number of nitro groups is 1. The van der Waals surface area contributed by atoms with Crippen molar-refractivity contribution in [1.82, 2.24) is 4.31 Å². The number of benzene rings is 1. The van der Waals surface area contributed by atoms with E-state index < -0.39 is 20.9 Å². The van der Waals surface area contributed by atoms with Gasteiger partial charge in [0.25, 0.3) is 5.69 Å². The highest BCUT2D eigenvalue weighted by atomic mass is 32.2. The maximum atomic E-state index is 12.6. The molecular formula is C15H21N3O6S. The summed E-state index contributed by atoms with van der Waals surface area (Å²) in [6.07, 6.45) is 2.79. The van der Waals surface area contributed by atoms with E-state index in [2.05, 4.69) is 5.32 Å². The molecule has 0 saturated carbocycles. The number of carbonyl (C=O) groups is 1. The Labute approximate surface area is 145 Å². The summed E-state index contributed by atoms with van der Waals surface area (Å²) in [5, 5.41) is 22.7. The fourth-order valence-corrected chi connectivity index (χ4v) is 4.23. The van der Waals surface area contributed by atoms with E-state index in [0.29, 0.717) is 19.5 Å². The standard InChI is InChI=1S/C15H21N3O6S/c19-15(20)5-4-8-16-13-7-6-12(11-14(13)18(21)22)25(23,24)17-9-2-1-3-10-17/h6-7,11,16H,1-5,8-10H2,(H,19,20). The highest BCUT2D eigenvalue weighted by molar-refractivity contribution is 7.89. The van der Waals surface area contributed by atoms with E-state index in [4.69, 9.17) is 5.11 Å². The molecule has 2 rings (SSSR count). The Kier molecular flexibility index (Phi) is 6.32. The van der Waals surface area contributed by atoms with Crippen molar-refractivity contribution in [3.8, 4) is 0 Å². The number of rotatable bonds is 8. The molecule has 0 amide bonds. The Bertz CT molecular complexity index is 744. The summed E-state index contributed by atoms with van der Waals surface area (Å²) in [6.45, 7) is 1.09. The molecule has 9 nitrogen and oxygen atoms in total. The maximum absolute atomic E-state index is 12.6. The highest BCUT2D eigenvalue weighted by Crippen LogP contribution is 2.30. The molecule has 10 heteroatoms. The van der Waals surface area contributed by atoms with Crippen LogP contribution < -0.4 is 5.32 Å². The van der Waals surface area contributed by atoms with E-state index in [0.717, 1.165) is 25.3 Å². The Balaban J connectivity index is 2.19. The topological polar surface area (TPSA) is 130 Å². The van der Waals surface area contributed by atoms with E-state index in [9.17, 15) is 23.3 Å². The molecule has 2 N–H and O–H groups in total. The van der Waals surface area contributed by atoms with Gasteiger partial charge in [-0.15, -0.1) is 0 Å². The summed E-state index contributed by atoms with van der Waals surface area (Å²) in [6, 6.07) is 3.76. The van der Waals surface area contributed by atoms with Gasteiger partial charge in [-0.05, 0) is 31.4 Å². The predicted octanol–water partition coefficient (Wildman–Crippen LogP) is 2.05. The Morgan fingerprint density at radius 3 is 2.56 bits per heavy atom. The molecule has 0 aliphatic carbocycles. The second kappa shape index (κ2) is 8.26. The molecule has 1 aliphatic rings. The first-order valence-corrected chi connectivity index (χ1v) is 9.50. The van der Waals surface area contributed by atoms with Gasteiger partial charge < -0.3 is 10.4 Å². The minimum Gasteiger partial charge on any atom is -0.481 e. The molecule has 1 aromatic rings. The lowest BCUT2D eigenvalue weighted by Crippen LogP contribution is -2.35. The number of carboxylic acid groups (broad SMARTS) is 1. The molecule has 1 fully saturated rings. The highest BCUT2D eigenvalue weighted by Gasteiger charge is 2.28. The summed E-state index contributed by atoms with van der Waals surface area (Å²) in [5.41, 5.74) is -0.165. The summed E-state index contributed by atoms with van der Waals surface area (Å²) < 4.78 is 26.6. The number of nitro benzene ring substituents is 1. The van der Waals surface area contributed by atoms with Crippen LogP contribution in [0.15, 0.2) is 23.1 Å². The van der Waals surface area contributed by atoms with E-state index in [1.54, 1.807) is 0 Å². The molecule has 25 heavy (non-hydrogen) atoms. The molecule has 0 atom stereocenters. The average Bonchev–Trinajstić information content (AvgIpc) is 2.59. The number of carboxylic acids is 1. The van der Waals surface area contributed by atoms with Crippen LogP contribution >= 0.6 is 0 Å². The summed E-state index contributed by atoms with van der Waals surface area (Å²) in [4.78, 5) is 21.0. The smallest absolute Gasteiger partial charge is 0.303 e. The van der Waals surface area contributed by atoms with Crippen LogP contribution in [-0.4, -0.2) is 48.4 Å². The van der Waals surface area contributed by atoms with E-state index >= 15 is 0 Å². The van der Waals surface area contributed by atoms with Crippen LogP contribution in [0, 0.1) is 10.1 Å². The number of sulfonamides is 1. The third-order valence-corrected chi connectivity index (χ3v) is 5.90. The zero-order valence-electron chi connectivity index (χ0n) is 13.7. The largest absolute Gasteiger partial charge is 0.481 e. The predicted molar refractivity (Wildman–Crippen MR) is 91.1 cm³/mol. The van der Waals surface area contributed by atoms with Gasteiger partial charge >= 0.3 is 5.97 Å². The second-order valence-electron chi connectivity index (χ2n) is 5.82. The molecule has 0 spiro atoms. The molecule has 0 unspecified atom stereocenters. The molecule has 1 heterocycles. The monoisotopic (exact) mass is 371 g/mol. The van der Waals surface area contributed by atoms with Gasteiger partial charge in [-0.2, -0.15) is 4.31 Å². The van der Waals surface area contributed by atoms with Gasteiger partial charge in [0.15, 0.2) is 0 Å². The first-order valence-electron chi connectivity index (χ1n) is 8.06. The average molecular weight is 371 g/mol. The van der Waals surface area contributed by atoms with Crippen molar-refractivity contribution < 1.29 is 23.2 Å². The van der Waals surface area contributed by atoms with Crippen molar-refractivity contribution in [2.75, 3.05) is 25.0 Å². The molecule has 1 aromatic carbocycles. The number of piperidine rings is 1. The number of hydrogen-bond donors (Lipinski definition) is 2. The first kappa shape index (κ1) is 19.1. The minimum absolute atomic E-state index is 0.0534. The zero-order valence-corrected chi connectivity index (χ0v) is 14.5. The van der Waals surface area contributed by atoms with Crippen LogP contribution in [0.4, 0.5) is 11.4 Å². The van der Waals surface area contributed by atoms with Crippen LogP contribution in [0.25, 0.3) is 0 Å². The lowest BCUT2D eigenvalue weighted by Gasteiger charge is -2.25. The van der Waals surface area contributed by atoms with Crippen LogP contribution in [0.5, 0.6) is 0 Å². The number of nitrogens with zero attached hydrogens (tertiary/aromatic N) is 2. The van der Waals surface area contributed by atoms with E-state index in [-0.39, 0.29) is 29.2 Å². The van der Waals surface area contributed by atoms with Gasteiger partial charge in [-0.25, -0.2) is 8.42 Å². The Morgan fingerprint density at radius 2 is 1.96 bits per heavy atom. The number of nitrogens with one attached hydrogen (secondary N) is 1. The second-order valence-corrected chi connectivity index (χ2v) is 7.76. The maximum Gasteiger partial charge on any atom is 0.303 e. The molecule has 0 bridgehead atoms. The number of anilines is 1. The Hall–Kier alpha value is -2.20. The van der Waals surface area contributed by atoms with Crippen molar-refractivity contribution in [3.63, 3.8) is 0 Å². The minimum atomic E-state index is -3.75. The molecule has 1 saturated heterocycles. The number of aliphatic carboxylic acids is 1. The van der Waals surface area contributed by atoms with Crippen LogP contribution in [0.3, 0.4) is 0 Å². The SMILES string of the molecule is O=C(O)CCCNc1ccc(S(=O)(=O)N2CCCCC2)cc1[N+](=O)[O-]. The number of hydrogen-bond acceptors (Lipinski definition) is 6. The van der Waals surface area contributed by atoms with Gasteiger partial charge in [0.1, 0.15) is 5.69 Å². The molecule has 0 aromatic heterocycles. The van der Waals surface area contributed by atoms with Crippen LogP contribution in [0.2, 0.25) is 0 Å². The van der Waals surface area contributed by atoms with Crippen LogP contribution in [-0.2, 0) is 14.8 Å². The van der Waals surface area contributed by atoms with Crippen molar-refractivity contribution in [3.05, 3.63) is 28.3 Å².